The van der Waals surface area contributed by atoms with Crippen molar-refractivity contribution in [2.75, 3.05) is 26.2 Å². The van der Waals surface area contributed by atoms with Gasteiger partial charge in [0.1, 0.15) is 5.75 Å². The first-order valence-corrected chi connectivity index (χ1v) is 7.82. The Morgan fingerprint density at radius 1 is 1.23 bits per heavy atom. The lowest BCUT2D eigenvalue weighted by molar-refractivity contribution is -0.274. The number of ether oxygens (including phenoxy) is 1. The Morgan fingerprint density at radius 2 is 1.95 bits per heavy atom. The molecule has 1 aliphatic heterocycles. The highest BCUT2D eigenvalue weighted by atomic mass is 19.4. The maximum Gasteiger partial charge on any atom is 0.573 e. The van der Waals surface area contributed by atoms with Gasteiger partial charge in [0, 0.05) is 32.2 Å². The maximum atomic E-state index is 12.4. The van der Waals surface area contributed by atoms with E-state index in [1.165, 1.54) is 18.9 Å². The Bertz CT molecular complexity index is 496. The highest BCUT2D eigenvalue weighted by Crippen LogP contribution is 2.41. The molecule has 1 aliphatic carbocycles. The van der Waals surface area contributed by atoms with Gasteiger partial charge in [-0.2, -0.15) is 0 Å². The Morgan fingerprint density at radius 3 is 2.59 bits per heavy atom. The predicted octanol–water partition coefficient (Wildman–Crippen LogP) is 3.33. The molecule has 1 aromatic carbocycles. The molecule has 0 radical (unpaired) electrons. The molecule has 6 heteroatoms. The first kappa shape index (κ1) is 15.6. The van der Waals surface area contributed by atoms with Crippen LogP contribution in [0.3, 0.4) is 0 Å². The number of hydrogen-bond acceptors (Lipinski definition) is 3. The molecule has 122 valence electrons. The van der Waals surface area contributed by atoms with Gasteiger partial charge in [0.15, 0.2) is 0 Å². The summed E-state index contributed by atoms with van der Waals surface area (Å²) < 4.78 is 41.3. The number of piperazine rings is 1. The Labute approximate surface area is 128 Å². The smallest absolute Gasteiger partial charge is 0.406 e. The first-order valence-electron chi connectivity index (χ1n) is 7.82. The van der Waals surface area contributed by atoms with Crippen LogP contribution in [0.1, 0.15) is 30.9 Å². The minimum atomic E-state index is -4.64. The van der Waals surface area contributed by atoms with Crippen LogP contribution in [0.5, 0.6) is 5.75 Å². The molecule has 0 bridgehead atoms. The molecule has 1 heterocycles. The van der Waals surface area contributed by atoms with Gasteiger partial charge in [0.25, 0.3) is 0 Å². The minimum absolute atomic E-state index is 0.124. The molecule has 1 saturated carbocycles. The van der Waals surface area contributed by atoms with Gasteiger partial charge < -0.3 is 10.1 Å². The van der Waals surface area contributed by atoms with E-state index in [0.717, 1.165) is 38.2 Å². The Balaban J connectivity index is 1.78. The van der Waals surface area contributed by atoms with Gasteiger partial charge in [-0.15, -0.1) is 13.2 Å². The summed E-state index contributed by atoms with van der Waals surface area (Å²) in [6.07, 6.45) is -1.14. The molecule has 1 atom stereocenters. The van der Waals surface area contributed by atoms with Crippen LogP contribution in [0, 0.1) is 5.92 Å². The molecule has 2 fully saturated rings. The van der Waals surface area contributed by atoms with Crippen LogP contribution in [0.2, 0.25) is 0 Å². The van der Waals surface area contributed by atoms with E-state index in [-0.39, 0.29) is 11.8 Å². The van der Waals surface area contributed by atoms with Gasteiger partial charge in [-0.1, -0.05) is 25.0 Å². The third-order valence-corrected chi connectivity index (χ3v) is 4.32. The highest BCUT2D eigenvalue weighted by Gasteiger charge is 2.33. The second-order valence-electron chi connectivity index (χ2n) is 6.10. The maximum absolute atomic E-state index is 12.4. The summed E-state index contributed by atoms with van der Waals surface area (Å²) in [6.45, 7) is 3.73. The molecule has 1 N–H and O–H groups in total. The van der Waals surface area contributed by atoms with E-state index in [2.05, 4.69) is 15.0 Å². The zero-order valence-corrected chi connectivity index (χ0v) is 12.4. The van der Waals surface area contributed by atoms with E-state index in [1.807, 2.05) is 6.07 Å². The number of alkyl halides is 3. The van der Waals surface area contributed by atoms with Gasteiger partial charge >= 0.3 is 6.36 Å². The second kappa shape index (κ2) is 6.46. The quantitative estimate of drug-likeness (QED) is 0.902. The molecule has 0 spiro atoms. The van der Waals surface area contributed by atoms with Crippen molar-refractivity contribution in [2.24, 2.45) is 5.92 Å². The Hall–Kier alpha value is -1.27. The molecular weight excluding hydrogens is 293 g/mol. The fourth-order valence-corrected chi connectivity index (χ4v) is 3.08. The van der Waals surface area contributed by atoms with Crippen LogP contribution in [-0.4, -0.2) is 37.4 Å². The monoisotopic (exact) mass is 314 g/mol. The number of nitrogens with zero attached hydrogens (tertiary/aromatic N) is 1. The molecule has 1 aromatic rings. The van der Waals surface area contributed by atoms with E-state index >= 15 is 0 Å². The largest absolute Gasteiger partial charge is 0.573 e. The fourth-order valence-electron chi connectivity index (χ4n) is 3.08. The van der Waals surface area contributed by atoms with Crippen LogP contribution in [-0.2, 0) is 0 Å². The summed E-state index contributed by atoms with van der Waals surface area (Å²) in [5.41, 5.74) is 0.926. The number of rotatable bonds is 5. The van der Waals surface area contributed by atoms with Gasteiger partial charge in [-0.3, -0.25) is 4.90 Å². The summed E-state index contributed by atoms with van der Waals surface area (Å²) in [5, 5.41) is 3.32. The Kier molecular flexibility index (Phi) is 4.59. The molecule has 3 rings (SSSR count). The molecule has 0 unspecified atom stereocenters. The van der Waals surface area contributed by atoms with Crippen LogP contribution in [0.15, 0.2) is 24.3 Å². The third kappa shape index (κ3) is 4.36. The third-order valence-electron chi connectivity index (χ3n) is 4.32. The van der Waals surface area contributed by atoms with Gasteiger partial charge in [-0.25, -0.2) is 0 Å². The summed E-state index contributed by atoms with van der Waals surface area (Å²) in [4.78, 5) is 2.38. The first-order chi connectivity index (χ1) is 10.5. The predicted molar refractivity (Wildman–Crippen MR) is 77.6 cm³/mol. The van der Waals surface area contributed by atoms with Crippen LogP contribution in [0.4, 0.5) is 13.2 Å². The van der Waals surface area contributed by atoms with Crippen molar-refractivity contribution in [3.63, 3.8) is 0 Å². The normalized spacial score (nSPS) is 21.6. The molecule has 22 heavy (non-hydrogen) atoms. The van der Waals surface area contributed by atoms with Gasteiger partial charge in [0.05, 0.1) is 0 Å². The van der Waals surface area contributed by atoms with E-state index in [1.54, 1.807) is 12.1 Å². The van der Waals surface area contributed by atoms with Crippen molar-refractivity contribution in [2.45, 2.75) is 31.7 Å². The molecule has 1 saturated heterocycles. The number of nitrogens with one attached hydrogen (secondary N) is 1. The molecule has 2 aliphatic rings. The average molecular weight is 314 g/mol. The van der Waals surface area contributed by atoms with Crippen LogP contribution < -0.4 is 10.1 Å². The average Bonchev–Trinajstić information content (AvgIpc) is 3.28. The standard InChI is InChI=1S/C16H21F3N2O/c17-16(18,19)22-14-3-1-2-13(11-14)15(10-12-4-5-12)21-8-6-20-7-9-21/h1-3,11-12,15,20H,4-10H2/t15-/m0/s1. The number of hydrogen-bond donors (Lipinski definition) is 1. The van der Waals surface area contributed by atoms with Crippen molar-refractivity contribution < 1.29 is 17.9 Å². The number of benzene rings is 1. The highest BCUT2D eigenvalue weighted by molar-refractivity contribution is 5.31. The lowest BCUT2D eigenvalue weighted by atomic mass is 9.98. The summed E-state index contributed by atoms with van der Waals surface area (Å²) in [6, 6.07) is 6.66. The second-order valence-corrected chi connectivity index (χ2v) is 6.10. The fraction of sp³-hybridized carbons (Fsp3) is 0.625. The van der Waals surface area contributed by atoms with Crippen molar-refractivity contribution in [1.82, 2.24) is 10.2 Å². The van der Waals surface area contributed by atoms with E-state index in [4.69, 9.17) is 0 Å². The zero-order chi connectivity index (χ0) is 15.6. The summed E-state index contributed by atoms with van der Waals surface area (Å²) >= 11 is 0. The van der Waals surface area contributed by atoms with Crippen molar-refractivity contribution in [3.8, 4) is 5.75 Å². The number of halogens is 3. The van der Waals surface area contributed by atoms with E-state index in [0.29, 0.717) is 5.92 Å². The summed E-state index contributed by atoms with van der Waals surface area (Å²) in [5.74, 6) is 0.591. The molecule has 3 nitrogen and oxygen atoms in total. The van der Waals surface area contributed by atoms with Crippen molar-refractivity contribution in [3.05, 3.63) is 29.8 Å². The SMILES string of the molecule is FC(F)(F)Oc1cccc([C@H](CC2CC2)N2CCNCC2)c1. The lowest BCUT2D eigenvalue weighted by Crippen LogP contribution is -2.45. The van der Waals surface area contributed by atoms with Crippen LogP contribution >= 0.6 is 0 Å². The topological polar surface area (TPSA) is 24.5 Å². The van der Waals surface area contributed by atoms with E-state index < -0.39 is 6.36 Å². The van der Waals surface area contributed by atoms with Gasteiger partial charge in [0.2, 0.25) is 0 Å². The van der Waals surface area contributed by atoms with Crippen molar-refractivity contribution >= 4 is 0 Å². The zero-order valence-electron chi connectivity index (χ0n) is 12.4. The lowest BCUT2D eigenvalue weighted by Gasteiger charge is -2.35. The molecule has 0 aromatic heterocycles. The summed E-state index contributed by atoms with van der Waals surface area (Å²) in [7, 11) is 0. The molecular formula is C16H21F3N2O. The van der Waals surface area contributed by atoms with Gasteiger partial charge in [-0.05, 0) is 30.0 Å². The van der Waals surface area contributed by atoms with Crippen LogP contribution in [0.25, 0.3) is 0 Å². The van der Waals surface area contributed by atoms with E-state index in [9.17, 15) is 13.2 Å². The van der Waals surface area contributed by atoms with Crippen molar-refractivity contribution in [1.29, 1.82) is 0 Å². The minimum Gasteiger partial charge on any atom is -0.406 e. The molecule has 0 amide bonds.